The second-order valence-electron chi connectivity index (χ2n) is 6.76. The maximum Gasteiger partial charge on any atom is 0.257 e. The molecule has 160 valence electrons. The first-order valence-corrected chi connectivity index (χ1v) is 10.3. The number of anilines is 1. The van der Waals surface area contributed by atoms with E-state index in [4.69, 9.17) is 18.7 Å². The highest BCUT2D eigenvalue weighted by Gasteiger charge is 2.14. The van der Waals surface area contributed by atoms with E-state index in [0.717, 1.165) is 27.2 Å². The first-order chi connectivity index (χ1) is 15.0. The lowest BCUT2D eigenvalue weighted by Crippen LogP contribution is -2.11. The number of carbonyl (C=O) groups is 1. The van der Waals surface area contributed by atoms with Crippen molar-refractivity contribution in [3.05, 3.63) is 59.0 Å². The maximum absolute atomic E-state index is 12.6. The summed E-state index contributed by atoms with van der Waals surface area (Å²) in [4.78, 5) is 17.1. The molecule has 4 rings (SSSR count). The molecule has 0 bridgehead atoms. The van der Waals surface area contributed by atoms with E-state index in [1.54, 1.807) is 44.6 Å². The van der Waals surface area contributed by atoms with Gasteiger partial charge >= 0.3 is 0 Å². The highest BCUT2D eigenvalue weighted by atomic mass is 32.1. The van der Waals surface area contributed by atoms with E-state index in [9.17, 15) is 4.79 Å². The molecule has 2 aromatic heterocycles. The number of amides is 1. The Morgan fingerprint density at radius 3 is 2.45 bits per heavy atom. The van der Waals surface area contributed by atoms with Gasteiger partial charge in [0.05, 0.1) is 35.7 Å². The van der Waals surface area contributed by atoms with E-state index >= 15 is 0 Å². The SMILES string of the molecule is COc1cc2nc(NC(=O)c3ccc(OCc4c(C)noc4C)cc3)sc2cc1OC. The van der Waals surface area contributed by atoms with Gasteiger partial charge in [0.25, 0.3) is 5.91 Å². The standard InChI is InChI=1S/C22H21N3O5S/c1-12-16(13(2)30-25-12)11-29-15-7-5-14(6-8-15)21(26)24-22-23-17-9-18(27-3)19(28-4)10-20(17)31-22/h5-10H,11H2,1-4H3,(H,23,24,26). The molecule has 0 saturated heterocycles. The number of nitrogens with one attached hydrogen (secondary N) is 1. The van der Waals surface area contributed by atoms with Gasteiger partial charge in [0.2, 0.25) is 0 Å². The van der Waals surface area contributed by atoms with Crippen molar-refractivity contribution in [1.29, 1.82) is 0 Å². The largest absolute Gasteiger partial charge is 0.493 e. The number of hydrogen-bond donors (Lipinski definition) is 1. The Kier molecular flexibility index (Phi) is 5.77. The minimum atomic E-state index is -0.254. The van der Waals surface area contributed by atoms with Crippen LogP contribution in [0.2, 0.25) is 0 Å². The number of rotatable bonds is 7. The molecule has 0 aliphatic heterocycles. The molecular formula is C22H21N3O5S. The number of carbonyl (C=O) groups excluding carboxylic acids is 1. The van der Waals surface area contributed by atoms with Crippen LogP contribution in [0.4, 0.5) is 5.13 Å². The molecule has 0 radical (unpaired) electrons. The third-order valence-corrected chi connectivity index (χ3v) is 5.73. The van der Waals surface area contributed by atoms with Gasteiger partial charge in [-0.2, -0.15) is 0 Å². The molecule has 0 saturated carbocycles. The summed E-state index contributed by atoms with van der Waals surface area (Å²) in [6, 6.07) is 10.5. The Morgan fingerprint density at radius 1 is 1.10 bits per heavy atom. The Balaban J connectivity index is 1.43. The first kappa shape index (κ1) is 20.7. The molecule has 9 heteroatoms. The van der Waals surface area contributed by atoms with Crippen LogP contribution < -0.4 is 19.5 Å². The van der Waals surface area contributed by atoms with E-state index in [2.05, 4.69) is 15.5 Å². The van der Waals surface area contributed by atoms with Crippen LogP contribution in [-0.2, 0) is 6.61 Å². The van der Waals surface area contributed by atoms with Gasteiger partial charge in [-0.05, 0) is 38.1 Å². The molecule has 2 aromatic carbocycles. The fourth-order valence-electron chi connectivity index (χ4n) is 3.04. The Bertz CT molecular complexity index is 1170. The van der Waals surface area contributed by atoms with Crippen molar-refractivity contribution in [2.45, 2.75) is 20.5 Å². The first-order valence-electron chi connectivity index (χ1n) is 9.47. The number of methoxy groups -OCH3 is 2. The zero-order valence-corrected chi connectivity index (χ0v) is 18.3. The fourth-order valence-corrected chi connectivity index (χ4v) is 3.91. The number of hydrogen-bond acceptors (Lipinski definition) is 8. The van der Waals surface area contributed by atoms with Crippen molar-refractivity contribution in [3.63, 3.8) is 0 Å². The average Bonchev–Trinajstić information content (AvgIpc) is 3.32. The summed E-state index contributed by atoms with van der Waals surface area (Å²) >= 11 is 1.36. The molecule has 0 aliphatic carbocycles. The van der Waals surface area contributed by atoms with Gasteiger partial charge in [0.1, 0.15) is 18.1 Å². The topological polar surface area (TPSA) is 95.7 Å². The number of benzene rings is 2. The van der Waals surface area contributed by atoms with E-state index in [1.807, 2.05) is 19.9 Å². The van der Waals surface area contributed by atoms with Crippen LogP contribution in [-0.4, -0.2) is 30.3 Å². The number of ether oxygens (including phenoxy) is 3. The predicted molar refractivity (Wildman–Crippen MR) is 117 cm³/mol. The zero-order valence-electron chi connectivity index (χ0n) is 17.5. The van der Waals surface area contributed by atoms with E-state index < -0.39 is 0 Å². The van der Waals surface area contributed by atoms with E-state index in [0.29, 0.717) is 34.6 Å². The quantitative estimate of drug-likeness (QED) is 0.444. The van der Waals surface area contributed by atoms with Crippen molar-refractivity contribution < 1.29 is 23.5 Å². The highest BCUT2D eigenvalue weighted by Crippen LogP contribution is 2.36. The lowest BCUT2D eigenvalue weighted by Gasteiger charge is -2.07. The van der Waals surface area contributed by atoms with Crippen LogP contribution in [0.1, 0.15) is 27.4 Å². The molecular weight excluding hydrogens is 418 g/mol. The van der Waals surface area contributed by atoms with Crippen molar-refractivity contribution in [1.82, 2.24) is 10.1 Å². The van der Waals surface area contributed by atoms with Crippen molar-refractivity contribution in [2.75, 3.05) is 19.5 Å². The van der Waals surface area contributed by atoms with Gasteiger partial charge in [-0.25, -0.2) is 4.98 Å². The summed E-state index contributed by atoms with van der Waals surface area (Å²) in [6.45, 7) is 4.07. The fraction of sp³-hybridized carbons (Fsp3) is 0.227. The normalized spacial score (nSPS) is 10.8. The molecule has 0 aliphatic rings. The highest BCUT2D eigenvalue weighted by molar-refractivity contribution is 7.22. The van der Waals surface area contributed by atoms with Crippen LogP contribution in [0, 0.1) is 13.8 Å². The van der Waals surface area contributed by atoms with Crippen LogP contribution in [0.25, 0.3) is 10.2 Å². The van der Waals surface area contributed by atoms with Crippen molar-refractivity contribution in [2.24, 2.45) is 0 Å². The minimum absolute atomic E-state index is 0.254. The van der Waals surface area contributed by atoms with Crippen LogP contribution in [0.15, 0.2) is 40.9 Å². The summed E-state index contributed by atoms with van der Waals surface area (Å²) in [7, 11) is 3.15. The molecule has 1 N–H and O–H groups in total. The second kappa shape index (κ2) is 8.65. The van der Waals surface area contributed by atoms with Gasteiger partial charge in [-0.15, -0.1) is 0 Å². The minimum Gasteiger partial charge on any atom is -0.493 e. The molecule has 0 fully saturated rings. The van der Waals surface area contributed by atoms with Gasteiger partial charge < -0.3 is 18.7 Å². The number of fused-ring (bicyclic) bond motifs is 1. The second-order valence-corrected chi connectivity index (χ2v) is 7.79. The van der Waals surface area contributed by atoms with Crippen LogP contribution >= 0.6 is 11.3 Å². The molecule has 1 amide bonds. The van der Waals surface area contributed by atoms with Gasteiger partial charge in [0.15, 0.2) is 16.6 Å². The van der Waals surface area contributed by atoms with E-state index in [1.165, 1.54) is 11.3 Å². The van der Waals surface area contributed by atoms with E-state index in [-0.39, 0.29) is 5.91 Å². The third kappa shape index (κ3) is 4.31. The lowest BCUT2D eigenvalue weighted by molar-refractivity contribution is 0.102. The Labute approximate surface area is 182 Å². The number of aromatic nitrogens is 2. The molecule has 31 heavy (non-hydrogen) atoms. The lowest BCUT2D eigenvalue weighted by atomic mass is 10.2. The summed E-state index contributed by atoms with van der Waals surface area (Å²) < 4.78 is 22.4. The zero-order chi connectivity index (χ0) is 22.0. The number of thiazole rings is 1. The van der Waals surface area contributed by atoms with Gasteiger partial charge in [-0.1, -0.05) is 16.5 Å². The van der Waals surface area contributed by atoms with Crippen LogP contribution in [0.3, 0.4) is 0 Å². The Hall–Kier alpha value is -3.59. The molecule has 0 atom stereocenters. The average molecular weight is 439 g/mol. The monoisotopic (exact) mass is 439 g/mol. The summed E-state index contributed by atoms with van der Waals surface area (Å²) in [6.07, 6.45) is 0. The third-order valence-electron chi connectivity index (χ3n) is 4.80. The summed E-state index contributed by atoms with van der Waals surface area (Å²) in [5.74, 6) is 2.33. The van der Waals surface area contributed by atoms with Crippen LogP contribution in [0.5, 0.6) is 17.2 Å². The number of nitrogens with zero attached hydrogens (tertiary/aromatic N) is 2. The molecule has 0 spiro atoms. The smallest absolute Gasteiger partial charge is 0.257 e. The summed E-state index contributed by atoms with van der Waals surface area (Å²) in [5.41, 5.74) is 2.95. The molecule has 0 unspecified atom stereocenters. The molecule has 2 heterocycles. The predicted octanol–water partition coefficient (Wildman–Crippen LogP) is 4.75. The van der Waals surface area contributed by atoms with Crippen molar-refractivity contribution >= 4 is 32.6 Å². The van der Waals surface area contributed by atoms with Gasteiger partial charge in [0, 0.05) is 17.7 Å². The maximum atomic E-state index is 12.6. The number of aryl methyl sites for hydroxylation is 2. The Morgan fingerprint density at radius 2 is 1.81 bits per heavy atom. The molecule has 4 aromatic rings. The molecule has 8 nitrogen and oxygen atoms in total. The summed E-state index contributed by atoms with van der Waals surface area (Å²) in [5, 5.41) is 7.24. The van der Waals surface area contributed by atoms with Gasteiger partial charge in [-0.3, -0.25) is 10.1 Å². The van der Waals surface area contributed by atoms with Crippen molar-refractivity contribution in [3.8, 4) is 17.2 Å².